The highest BCUT2D eigenvalue weighted by Gasteiger charge is 2.11. The average Bonchev–Trinajstić information content (AvgIpc) is 3.28. The van der Waals surface area contributed by atoms with Gasteiger partial charge in [0.05, 0.1) is 23.0 Å². The highest BCUT2D eigenvalue weighted by Crippen LogP contribution is 2.28. The molecule has 8 heteroatoms. The topological polar surface area (TPSA) is 88.5 Å². The van der Waals surface area contributed by atoms with Crippen LogP contribution in [0.3, 0.4) is 0 Å². The molecule has 0 aliphatic carbocycles. The lowest BCUT2D eigenvalue weighted by Crippen LogP contribution is -2.17. The third-order valence-electron chi connectivity index (χ3n) is 4.53. The molecule has 4 rings (SSSR count). The van der Waals surface area contributed by atoms with Gasteiger partial charge in [0, 0.05) is 23.7 Å². The predicted octanol–water partition coefficient (Wildman–Crippen LogP) is 4.56. The van der Waals surface area contributed by atoms with Gasteiger partial charge in [-0.2, -0.15) is 5.10 Å². The Morgan fingerprint density at radius 1 is 1.13 bits per heavy atom. The summed E-state index contributed by atoms with van der Waals surface area (Å²) in [7, 11) is 1.84. The number of fused-ring (bicyclic) bond motifs is 1. The third kappa shape index (κ3) is 4.54. The monoisotopic (exact) mass is 431 g/mol. The van der Waals surface area contributed by atoms with E-state index in [2.05, 4.69) is 25.8 Å². The first-order valence-corrected chi connectivity index (χ1v) is 10.7. The van der Waals surface area contributed by atoms with E-state index in [1.54, 1.807) is 29.7 Å². The summed E-state index contributed by atoms with van der Waals surface area (Å²) < 4.78 is 6.57. The van der Waals surface area contributed by atoms with Gasteiger partial charge in [-0.15, -0.1) is 11.3 Å². The van der Waals surface area contributed by atoms with E-state index in [-0.39, 0.29) is 5.91 Å². The number of carbonyl (C=O) groups excluding carboxylic acids is 1. The Balaban J connectivity index is 1.48. The number of benzene rings is 2. The van der Waals surface area contributed by atoms with Crippen molar-refractivity contribution in [3.63, 3.8) is 0 Å². The summed E-state index contributed by atoms with van der Waals surface area (Å²) in [5.74, 6) is 1.81. The molecule has 0 bridgehead atoms. The SMILES string of the molecule is CCOc1ccccc1C=NNC(=O)c1ccc(-c2nc(NC)c3sccc3n2)cc1. The summed E-state index contributed by atoms with van der Waals surface area (Å²) in [6.07, 6.45) is 1.57. The van der Waals surface area contributed by atoms with Crippen molar-refractivity contribution in [3.05, 3.63) is 71.1 Å². The molecule has 0 atom stereocenters. The maximum atomic E-state index is 12.4. The fourth-order valence-electron chi connectivity index (χ4n) is 3.03. The molecule has 0 aliphatic rings. The normalized spacial score (nSPS) is 11.0. The molecule has 0 unspecified atom stereocenters. The zero-order chi connectivity index (χ0) is 21.6. The standard InChI is InChI=1S/C23H21N5O2S/c1-3-30-19-7-5-4-6-17(19)14-25-28-23(29)16-10-8-15(9-11-16)21-26-18-12-13-31-20(18)22(24-2)27-21/h4-14H,3H2,1-2H3,(H,28,29)(H,24,26,27). The maximum Gasteiger partial charge on any atom is 0.271 e. The second-order valence-corrected chi connectivity index (χ2v) is 7.44. The molecule has 2 aromatic carbocycles. The lowest BCUT2D eigenvalue weighted by Gasteiger charge is -2.07. The molecular formula is C23H21N5O2S. The summed E-state index contributed by atoms with van der Waals surface area (Å²) in [4.78, 5) is 21.7. The van der Waals surface area contributed by atoms with Crippen molar-refractivity contribution in [2.75, 3.05) is 19.0 Å². The molecule has 4 aromatic rings. The molecule has 0 aliphatic heterocycles. The number of para-hydroxylation sites is 1. The summed E-state index contributed by atoms with van der Waals surface area (Å²) >= 11 is 1.60. The largest absolute Gasteiger partial charge is 0.493 e. The van der Waals surface area contributed by atoms with Crippen LogP contribution in [-0.2, 0) is 0 Å². The van der Waals surface area contributed by atoms with Crippen LogP contribution in [-0.4, -0.2) is 35.7 Å². The van der Waals surface area contributed by atoms with Gasteiger partial charge in [-0.1, -0.05) is 24.3 Å². The van der Waals surface area contributed by atoms with Crippen LogP contribution in [0, 0.1) is 0 Å². The molecule has 0 fully saturated rings. The molecule has 0 spiro atoms. The van der Waals surface area contributed by atoms with Crippen LogP contribution >= 0.6 is 11.3 Å². The van der Waals surface area contributed by atoms with Gasteiger partial charge >= 0.3 is 0 Å². The van der Waals surface area contributed by atoms with Crippen LogP contribution in [0.5, 0.6) is 5.75 Å². The van der Waals surface area contributed by atoms with Crippen molar-refractivity contribution < 1.29 is 9.53 Å². The van der Waals surface area contributed by atoms with Gasteiger partial charge in [-0.25, -0.2) is 15.4 Å². The lowest BCUT2D eigenvalue weighted by atomic mass is 10.1. The van der Waals surface area contributed by atoms with Gasteiger partial charge in [0.25, 0.3) is 5.91 Å². The molecule has 7 nitrogen and oxygen atoms in total. The number of thiophene rings is 1. The van der Waals surface area contributed by atoms with Crippen molar-refractivity contribution in [3.8, 4) is 17.1 Å². The minimum absolute atomic E-state index is 0.304. The number of carbonyl (C=O) groups is 1. The van der Waals surface area contributed by atoms with Crippen LogP contribution < -0.4 is 15.5 Å². The first kappa shape index (κ1) is 20.5. The molecule has 1 amide bonds. The quantitative estimate of drug-likeness (QED) is 0.331. The summed E-state index contributed by atoms with van der Waals surface area (Å²) in [6, 6.07) is 16.6. The number of aromatic nitrogens is 2. The molecular weight excluding hydrogens is 410 g/mol. The number of ether oxygens (including phenoxy) is 1. The Kier molecular flexibility index (Phi) is 6.18. The van der Waals surface area contributed by atoms with E-state index in [4.69, 9.17) is 4.74 Å². The molecule has 2 N–H and O–H groups in total. The number of anilines is 1. The number of hydrogen-bond donors (Lipinski definition) is 2. The molecule has 0 saturated carbocycles. The van der Waals surface area contributed by atoms with Crippen LogP contribution in [0.15, 0.2) is 65.1 Å². The number of hydrogen-bond acceptors (Lipinski definition) is 7. The van der Waals surface area contributed by atoms with Gasteiger partial charge in [0.1, 0.15) is 11.6 Å². The van der Waals surface area contributed by atoms with Gasteiger partial charge in [0.15, 0.2) is 5.82 Å². The fraction of sp³-hybridized carbons (Fsp3) is 0.130. The van der Waals surface area contributed by atoms with Crippen molar-refractivity contribution in [2.45, 2.75) is 6.92 Å². The minimum atomic E-state index is -0.304. The Morgan fingerprint density at radius 2 is 1.94 bits per heavy atom. The maximum absolute atomic E-state index is 12.4. The second-order valence-electron chi connectivity index (χ2n) is 6.53. The first-order chi connectivity index (χ1) is 15.2. The summed E-state index contributed by atoms with van der Waals surface area (Å²) in [5.41, 5.74) is 5.55. The van der Waals surface area contributed by atoms with Gasteiger partial charge in [0.2, 0.25) is 0 Å². The van der Waals surface area contributed by atoms with Crippen LogP contribution in [0.2, 0.25) is 0 Å². The number of nitrogens with one attached hydrogen (secondary N) is 2. The number of nitrogens with zero attached hydrogens (tertiary/aromatic N) is 3. The second kappa shape index (κ2) is 9.36. The molecule has 156 valence electrons. The Hall–Kier alpha value is -3.78. The zero-order valence-electron chi connectivity index (χ0n) is 17.1. The van der Waals surface area contributed by atoms with Crippen LogP contribution in [0.1, 0.15) is 22.8 Å². The molecule has 2 heterocycles. The summed E-state index contributed by atoms with van der Waals surface area (Å²) in [5, 5.41) is 9.16. The van der Waals surface area contributed by atoms with Gasteiger partial charge in [-0.05, 0) is 42.6 Å². The Bertz CT molecular complexity index is 1230. The Labute approximate surface area is 183 Å². The van der Waals surface area contributed by atoms with E-state index in [0.29, 0.717) is 18.0 Å². The highest BCUT2D eigenvalue weighted by atomic mass is 32.1. The predicted molar refractivity (Wildman–Crippen MR) is 125 cm³/mol. The fourth-order valence-corrected chi connectivity index (χ4v) is 3.86. The van der Waals surface area contributed by atoms with Gasteiger partial charge in [-0.3, -0.25) is 4.79 Å². The average molecular weight is 432 g/mol. The zero-order valence-corrected chi connectivity index (χ0v) is 17.9. The summed E-state index contributed by atoms with van der Waals surface area (Å²) in [6.45, 7) is 2.48. The van der Waals surface area contributed by atoms with Crippen molar-refractivity contribution >= 4 is 39.5 Å². The Morgan fingerprint density at radius 3 is 2.71 bits per heavy atom. The molecule has 2 aromatic heterocycles. The first-order valence-electron chi connectivity index (χ1n) is 9.78. The van der Waals surface area contributed by atoms with E-state index in [1.165, 1.54) is 0 Å². The van der Waals surface area contributed by atoms with E-state index in [1.807, 2.05) is 61.8 Å². The number of amides is 1. The third-order valence-corrected chi connectivity index (χ3v) is 5.44. The smallest absolute Gasteiger partial charge is 0.271 e. The van der Waals surface area contributed by atoms with Crippen LogP contribution in [0.25, 0.3) is 21.6 Å². The highest BCUT2D eigenvalue weighted by molar-refractivity contribution is 7.17. The van der Waals surface area contributed by atoms with Crippen molar-refractivity contribution in [1.29, 1.82) is 0 Å². The van der Waals surface area contributed by atoms with E-state index >= 15 is 0 Å². The van der Waals surface area contributed by atoms with E-state index < -0.39 is 0 Å². The van der Waals surface area contributed by atoms with E-state index in [0.717, 1.165) is 32.9 Å². The lowest BCUT2D eigenvalue weighted by molar-refractivity contribution is 0.0955. The molecule has 0 saturated heterocycles. The molecule has 0 radical (unpaired) electrons. The molecule has 31 heavy (non-hydrogen) atoms. The number of rotatable bonds is 7. The van der Waals surface area contributed by atoms with Crippen molar-refractivity contribution in [1.82, 2.24) is 15.4 Å². The van der Waals surface area contributed by atoms with Gasteiger partial charge < -0.3 is 10.1 Å². The van der Waals surface area contributed by atoms with Crippen LogP contribution in [0.4, 0.5) is 5.82 Å². The van der Waals surface area contributed by atoms with Crippen molar-refractivity contribution in [2.24, 2.45) is 5.10 Å². The number of hydrazone groups is 1. The minimum Gasteiger partial charge on any atom is -0.493 e. The van der Waals surface area contributed by atoms with E-state index in [9.17, 15) is 4.79 Å².